The lowest BCUT2D eigenvalue weighted by molar-refractivity contribution is 0.0696. The monoisotopic (exact) mass is 246 g/mol. The molecule has 6 nitrogen and oxygen atoms in total. The van der Waals surface area contributed by atoms with Crippen LogP contribution in [0.2, 0.25) is 0 Å². The largest absolute Gasteiger partial charge is 0.478 e. The Morgan fingerprint density at radius 2 is 2.28 bits per heavy atom. The van der Waals surface area contributed by atoms with E-state index in [0.29, 0.717) is 6.54 Å². The molecule has 0 atom stereocenters. The number of carbonyl (C=O) groups is 1. The average molecular weight is 246 g/mol. The SMILES string of the molecule is Cc1nn(C)cc1NCc1ccc(C(=O)O)cn1. The first-order valence-electron chi connectivity index (χ1n) is 5.48. The van der Waals surface area contributed by atoms with Gasteiger partial charge in [-0.1, -0.05) is 0 Å². The van der Waals surface area contributed by atoms with Crippen LogP contribution in [0.3, 0.4) is 0 Å². The molecule has 0 saturated carbocycles. The van der Waals surface area contributed by atoms with Crippen LogP contribution in [0.5, 0.6) is 0 Å². The third-order valence-electron chi connectivity index (χ3n) is 2.55. The number of carboxylic acids is 1. The van der Waals surface area contributed by atoms with E-state index in [1.54, 1.807) is 16.8 Å². The molecule has 0 aromatic carbocycles. The summed E-state index contributed by atoms with van der Waals surface area (Å²) in [5.74, 6) is -0.967. The highest BCUT2D eigenvalue weighted by Crippen LogP contribution is 2.12. The van der Waals surface area contributed by atoms with E-state index in [4.69, 9.17) is 5.11 Å². The van der Waals surface area contributed by atoms with Crippen LogP contribution >= 0.6 is 0 Å². The molecule has 94 valence electrons. The van der Waals surface area contributed by atoms with Crippen LogP contribution in [0.15, 0.2) is 24.5 Å². The Bertz CT molecular complexity index is 560. The van der Waals surface area contributed by atoms with Gasteiger partial charge in [0.2, 0.25) is 0 Å². The maximum Gasteiger partial charge on any atom is 0.337 e. The fraction of sp³-hybridized carbons (Fsp3) is 0.250. The summed E-state index contributed by atoms with van der Waals surface area (Å²) in [4.78, 5) is 14.8. The molecule has 0 amide bonds. The van der Waals surface area contributed by atoms with Crippen LogP contribution in [0.1, 0.15) is 21.7 Å². The van der Waals surface area contributed by atoms with E-state index in [2.05, 4.69) is 15.4 Å². The van der Waals surface area contributed by atoms with Crippen molar-refractivity contribution >= 4 is 11.7 Å². The summed E-state index contributed by atoms with van der Waals surface area (Å²) in [6, 6.07) is 3.24. The van der Waals surface area contributed by atoms with Crippen molar-refractivity contribution in [3.8, 4) is 0 Å². The first-order chi connectivity index (χ1) is 8.56. The number of nitrogens with one attached hydrogen (secondary N) is 1. The predicted octanol–water partition coefficient (Wildman–Crippen LogP) is 1.43. The van der Waals surface area contributed by atoms with Gasteiger partial charge in [0, 0.05) is 19.4 Å². The van der Waals surface area contributed by atoms with E-state index in [1.807, 2.05) is 20.2 Å². The molecular formula is C12H14N4O2. The Morgan fingerprint density at radius 3 is 2.78 bits per heavy atom. The van der Waals surface area contributed by atoms with Crippen LogP contribution in [-0.4, -0.2) is 25.8 Å². The van der Waals surface area contributed by atoms with Gasteiger partial charge in [0.15, 0.2) is 0 Å². The van der Waals surface area contributed by atoms with Crippen molar-refractivity contribution in [2.24, 2.45) is 7.05 Å². The smallest absolute Gasteiger partial charge is 0.337 e. The minimum atomic E-state index is -0.967. The quantitative estimate of drug-likeness (QED) is 0.853. The highest BCUT2D eigenvalue weighted by Gasteiger charge is 2.05. The van der Waals surface area contributed by atoms with Gasteiger partial charge in [-0.3, -0.25) is 9.67 Å². The van der Waals surface area contributed by atoms with Gasteiger partial charge in [-0.25, -0.2) is 4.79 Å². The lowest BCUT2D eigenvalue weighted by atomic mass is 10.2. The average Bonchev–Trinajstić information content (AvgIpc) is 2.66. The summed E-state index contributed by atoms with van der Waals surface area (Å²) in [6.07, 6.45) is 3.25. The van der Waals surface area contributed by atoms with Crippen molar-refractivity contribution in [1.29, 1.82) is 0 Å². The van der Waals surface area contributed by atoms with Gasteiger partial charge in [-0.15, -0.1) is 0 Å². The zero-order valence-electron chi connectivity index (χ0n) is 10.2. The molecule has 0 spiro atoms. The number of nitrogens with zero attached hydrogens (tertiary/aromatic N) is 3. The number of aromatic carboxylic acids is 1. The standard InChI is InChI=1S/C12H14N4O2/c1-8-11(7-16(2)15-8)14-6-10-4-3-9(5-13-10)12(17)18/h3-5,7,14H,6H2,1-2H3,(H,17,18). The second-order valence-corrected chi connectivity index (χ2v) is 4.00. The van der Waals surface area contributed by atoms with E-state index in [0.717, 1.165) is 17.1 Å². The first-order valence-corrected chi connectivity index (χ1v) is 5.48. The van der Waals surface area contributed by atoms with Crippen LogP contribution in [-0.2, 0) is 13.6 Å². The predicted molar refractivity (Wildman–Crippen MR) is 66.5 cm³/mol. The van der Waals surface area contributed by atoms with E-state index < -0.39 is 5.97 Å². The minimum Gasteiger partial charge on any atom is -0.478 e. The van der Waals surface area contributed by atoms with Crippen LogP contribution < -0.4 is 5.32 Å². The molecule has 2 aromatic rings. The molecule has 6 heteroatoms. The zero-order valence-corrected chi connectivity index (χ0v) is 10.2. The fourth-order valence-corrected chi connectivity index (χ4v) is 1.61. The molecule has 2 N–H and O–H groups in total. The topological polar surface area (TPSA) is 80.0 Å². The van der Waals surface area contributed by atoms with Gasteiger partial charge in [0.1, 0.15) is 0 Å². The Hall–Kier alpha value is -2.37. The molecule has 2 heterocycles. The minimum absolute atomic E-state index is 0.191. The number of aryl methyl sites for hydroxylation is 2. The third kappa shape index (κ3) is 2.65. The third-order valence-corrected chi connectivity index (χ3v) is 2.55. The van der Waals surface area contributed by atoms with Crippen LogP contribution in [0.4, 0.5) is 5.69 Å². The van der Waals surface area contributed by atoms with Crippen molar-refractivity contribution in [3.63, 3.8) is 0 Å². The zero-order chi connectivity index (χ0) is 13.1. The summed E-state index contributed by atoms with van der Waals surface area (Å²) >= 11 is 0. The molecule has 18 heavy (non-hydrogen) atoms. The molecule has 0 saturated heterocycles. The van der Waals surface area contributed by atoms with Crippen molar-refractivity contribution in [1.82, 2.24) is 14.8 Å². The molecule has 0 aliphatic rings. The van der Waals surface area contributed by atoms with Gasteiger partial charge in [0.05, 0.1) is 29.2 Å². The maximum absolute atomic E-state index is 10.7. The summed E-state index contributed by atoms with van der Waals surface area (Å²) in [5.41, 5.74) is 2.83. The fourth-order valence-electron chi connectivity index (χ4n) is 1.61. The van der Waals surface area contributed by atoms with Gasteiger partial charge in [-0.05, 0) is 19.1 Å². The van der Waals surface area contributed by atoms with Crippen molar-refractivity contribution < 1.29 is 9.90 Å². The van der Waals surface area contributed by atoms with E-state index in [9.17, 15) is 4.79 Å². The van der Waals surface area contributed by atoms with Gasteiger partial charge in [-0.2, -0.15) is 5.10 Å². The van der Waals surface area contributed by atoms with Gasteiger partial charge in [0.25, 0.3) is 0 Å². The summed E-state index contributed by atoms with van der Waals surface area (Å²) < 4.78 is 1.73. The molecule has 0 radical (unpaired) electrons. The lowest BCUT2D eigenvalue weighted by Crippen LogP contribution is -2.04. The maximum atomic E-state index is 10.7. The van der Waals surface area contributed by atoms with Crippen molar-refractivity contribution in [2.75, 3.05) is 5.32 Å². The van der Waals surface area contributed by atoms with Crippen molar-refractivity contribution in [3.05, 3.63) is 41.5 Å². The molecular weight excluding hydrogens is 232 g/mol. The van der Waals surface area contributed by atoms with Crippen LogP contribution in [0, 0.1) is 6.92 Å². The van der Waals surface area contributed by atoms with Gasteiger partial charge < -0.3 is 10.4 Å². The van der Waals surface area contributed by atoms with Crippen molar-refractivity contribution in [2.45, 2.75) is 13.5 Å². The second-order valence-electron chi connectivity index (χ2n) is 4.00. The number of carboxylic acid groups (broad SMARTS) is 1. The number of pyridine rings is 1. The summed E-state index contributed by atoms with van der Waals surface area (Å²) in [7, 11) is 1.86. The van der Waals surface area contributed by atoms with Gasteiger partial charge >= 0.3 is 5.97 Å². The number of hydrogen-bond donors (Lipinski definition) is 2. The van der Waals surface area contributed by atoms with E-state index >= 15 is 0 Å². The molecule has 2 aromatic heterocycles. The Kier molecular flexibility index (Phi) is 3.27. The summed E-state index contributed by atoms with van der Waals surface area (Å²) in [5, 5.41) is 16.2. The van der Waals surface area contributed by atoms with E-state index in [1.165, 1.54) is 6.20 Å². The molecule has 0 aliphatic heterocycles. The number of rotatable bonds is 4. The number of aromatic nitrogens is 3. The lowest BCUT2D eigenvalue weighted by Gasteiger charge is -2.04. The normalized spacial score (nSPS) is 10.3. The molecule has 0 fully saturated rings. The Morgan fingerprint density at radius 1 is 1.50 bits per heavy atom. The highest BCUT2D eigenvalue weighted by atomic mass is 16.4. The molecule has 0 bridgehead atoms. The Balaban J connectivity index is 2.02. The molecule has 0 unspecified atom stereocenters. The number of hydrogen-bond acceptors (Lipinski definition) is 4. The summed E-state index contributed by atoms with van der Waals surface area (Å²) in [6.45, 7) is 2.45. The van der Waals surface area contributed by atoms with Crippen LogP contribution in [0.25, 0.3) is 0 Å². The molecule has 0 aliphatic carbocycles. The highest BCUT2D eigenvalue weighted by molar-refractivity contribution is 5.87. The molecule has 2 rings (SSSR count). The number of anilines is 1. The second kappa shape index (κ2) is 4.87. The Labute approximate surface area is 104 Å². The first kappa shape index (κ1) is 12.1. The van der Waals surface area contributed by atoms with E-state index in [-0.39, 0.29) is 5.56 Å².